The second-order valence-corrected chi connectivity index (χ2v) is 5.91. The van der Waals surface area contributed by atoms with E-state index in [-0.39, 0.29) is 29.7 Å². The van der Waals surface area contributed by atoms with Crippen molar-refractivity contribution in [1.29, 1.82) is 5.26 Å². The molecule has 0 amide bonds. The van der Waals surface area contributed by atoms with Gasteiger partial charge in [-0.1, -0.05) is 36.9 Å². The van der Waals surface area contributed by atoms with Crippen LogP contribution >= 0.6 is 0 Å². The summed E-state index contributed by atoms with van der Waals surface area (Å²) >= 11 is 0. The lowest BCUT2D eigenvalue weighted by atomic mass is 10.0. The van der Waals surface area contributed by atoms with Crippen molar-refractivity contribution in [3.63, 3.8) is 0 Å². The third kappa shape index (κ3) is 6.30. The van der Waals surface area contributed by atoms with Gasteiger partial charge in [-0.2, -0.15) is 5.26 Å². The highest BCUT2D eigenvalue weighted by atomic mass is 16.5. The number of nitrogens with zero attached hydrogens (tertiary/aromatic N) is 3. The molecule has 31 heavy (non-hydrogen) atoms. The van der Waals surface area contributed by atoms with E-state index in [0.29, 0.717) is 16.7 Å². The number of aliphatic carboxylic acids is 1. The molecule has 158 valence electrons. The second kappa shape index (κ2) is 11.6. The van der Waals surface area contributed by atoms with Crippen LogP contribution in [-0.4, -0.2) is 28.2 Å². The molecule has 2 aromatic rings. The van der Waals surface area contributed by atoms with Crippen LogP contribution in [0.15, 0.2) is 79.1 Å². The standard InChI is InChI=1S/C23H21N3O5/c1-4-8-16(12-24)20(5-2)31-22-11-21(25-15-26-22)30-13-17-9-6-7-10-18(17)19(14-29-3)23(27)28/h4-11,14-15H,2,13H2,1,3H3,(H,27,28). The molecule has 2 rings (SSSR count). The van der Waals surface area contributed by atoms with Crippen molar-refractivity contribution in [2.75, 3.05) is 7.11 Å². The third-order valence-electron chi connectivity index (χ3n) is 3.89. The van der Waals surface area contributed by atoms with Gasteiger partial charge in [0.25, 0.3) is 0 Å². The van der Waals surface area contributed by atoms with Crippen molar-refractivity contribution >= 4 is 11.5 Å². The summed E-state index contributed by atoms with van der Waals surface area (Å²) in [6.45, 7) is 5.49. The fourth-order valence-electron chi connectivity index (χ4n) is 2.53. The van der Waals surface area contributed by atoms with E-state index in [2.05, 4.69) is 16.5 Å². The summed E-state index contributed by atoms with van der Waals surface area (Å²) < 4.78 is 16.2. The van der Waals surface area contributed by atoms with Crippen LogP contribution in [0, 0.1) is 11.3 Å². The number of hydrogen-bond acceptors (Lipinski definition) is 7. The van der Waals surface area contributed by atoms with E-state index in [4.69, 9.17) is 14.2 Å². The van der Waals surface area contributed by atoms with E-state index in [1.165, 1.54) is 31.8 Å². The maximum atomic E-state index is 11.6. The average Bonchev–Trinajstić information content (AvgIpc) is 2.78. The zero-order valence-corrected chi connectivity index (χ0v) is 17.1. The molecule has 0 bridgehead atoms. The predicted octanol–water partition coefficient (Wildman–Crippen LogP) is 4.05. The summed E-state index contributed by atoms with van der Waals surface area (Å²) in [5.74, 6) is -0.507. The highest BCUT2D eigenvalue weighted by Crippen LogP contribution is 2.23. The molecule has 8 heteroatoms. The van der Waals surface area contributed by atoms with Crippen LogP contribution < -0.4 is 9.47 Å². The monoisotopic (exact) mass is 419 g/mol. The van der Waals surface area contributed by atoms with Gasteiger partial charge in [0.1, 0.15) is 30.3 Å². The maximum Gasteiger partial charge on any atom is 0.339 e. The quantitative estimate of drug-likeness (QED) is 0.265. The molecule has 0 unspecified atom stereocenters. The molecule has 0 spiro atoms. The smallest absolute Gasteiger partial charge is 0.339 e. The van der Waals surface area contributed by atoms with Gasteiger partial charge < -0.3 is 19.3 Å². The molecule has 1 aromatic carbocycles. The van der Waals surface area contributed by atoms with Crippen LogP contribution in [0.2, 0.25) is 0 Å². The van der Waals surface area contributed by atoms with Crippen LogP contribution in [0.1, 0.15) is 18.1 Å². The van der Waals surface area contributed by atoms with Gasteiger partial charge in [0.05, 0.1) is 25.0 Å². The molecule has 0 aliphatic rings. The number of benzene rings is 1. The molecule has 0 atom stereocenters. The number of carbonyl (C=O) groups is 1. The predicted molar refractivity (Wildman–Crippen MR) is 114 cm³/mol. The largest absolute Gasteiger partial charge is 0.503 e. The minimum atomic E-state index is -1.12. The number of hydrogen-bond donors (Lipinski definition) is 1. The van der Waals surface area contributed by atoms with Gasteiger partial charge in [-0.25, -0.2) is 14.8 Å². The van der Waals surface area contributed by atoms with E-state index in [1.54, 1.807) is 43.3 Å². The summed E-state index contributed by atoms with van der Waals surface area (Å²) in [5.41, 5.74) is 1.38. The average molecular weight is 419 g/mol. The van der Waals surface area contributed by atoms with Crippen LogP contribution in [-0.2, 0) is 16.1 Å². The number of carboxylic acids is 1. The topological polar surface area (TPSA) is 115 Å². The second-order valence-electron chi connectivity index (χ2n) is 5.91. The Labute approximate surface area is 180 Å². The Morgan fingerprint density at radius 3 is 2.68 bits per heavy atom. The van der Waals surface area contributed by atoms with E-state index in [9.17, 15) is 15.2 Å². The Hall–Kier alpha value is -4.38. The molecule has 1 aromatic heterocycles. The van der Waals surface area contributed by atoms with Gasteiger partial charge in [0.15, 0.2) is 0 Å². The summed E-state index contributed by atoms with van der Waals surface area (Å²) in [5, 5.41) is 18.7. The number of methoxy groups -OCH3 is 1. The molecule has 1 N–H and O–H groups in total. The first-order valence-corrected chi connectivity index (χ1v) is 9.10. The van der Waals surface area contributed by atoms with E-state index in [1.807, 2.05) is 6.07 Å². The molecule has 0 fully saturated rings. The molecule has 8 nitrogen and oxygen atoms in total. The Kier molecular flexibility index (Phi) is 8.56. The summed E-state index contributed by atoms with van der Waals surface area (Å²) in [7, 11) is 1.38. The van der Waals surface area contributed by atoms with Crippen LogP contribution in [0.4, 0.5) is 0 Å². The first kappa shape index (κ1) is 22.9. The van der Waals surface area contributed by atoms with Crippen LogP contribution in [0.5, 0.6) is 11.8 Å². The number of carboxylic acid groups (broad SMARTS) is 1. The van der Waals surface area contributed by atoms with Crippen molar-refractivity contribution < 1.29 is 24.1 Å². The van der Waals surface area contributed by atoms with Gasteiger partial charge in [-0.15, -0.1) is 0 Å². The number of nitriles is 1. The van der Waals surface area contributed by atoms with Crippen LogP contribution in [0.25, 0.3) is 5.57 Å². The highest BCUT2D eigenvalue weighted by Gasteiger charge is 2.15. The van der Waals surface area contributed by atoms with E-state index in [0.717, 1.165) is 0 Å². The summed E-state index contributed by atoms with van der Waals surface area (Å²) in [6, 6.07) is 10.4. The number of ether oxygens (including phenoxy) is 3. The lowest BCUT2D eigenvalue weighted by Crippen LogP contribution is -2.06. The van der Waals surface area contributed by atoms with E-state index < -0.39 is 5.97 Å². The minimum absolute atomic E-state index is 0.00202. The van der Waals surface area contributed by atoms with Gasteiger partial charge in [-0.3, -0.25) is 0 Å². The Bertz CT molecular complexity index is 1080. The zero-order chi connectivity index (χ0) is 22.6. The van der Waals surface area contributed by atoms with Crippen molar-refractivity contribution in [2.24, 2.45) is 0 Å². The lowest BCUT2D eigenvalue weighted by molar-refractivity contribution is -0.130. The number of allylic oxidation sites excluding steroid dienone is 4. The Morgan fingerprint density at radius 1 is 1.29 bits per heavy atom. The molecule has 0 aliphatic carbocycles. The van der Waals surface area contributed by atoms with Gasteiger partial charge in [-0.05, 0) is 30.2 Å². The number of aromatic nitrogens is 2. The number of rotatable bonds is 10. The molecule has 0 aliphatic heterocycles. The van der Waals surface area contributed by atoms with Crippen molar-refractivity contribution in [3.8, 4) is 17.8 Å². The molecule has 0 saturated heterocycles. The first-order valence-electron chi connectivity index (χ1n) is 9.10. The molecular formula is C23H21N3O5. The van der Waals surface area contributed by atoms with E-state index >= 15 is 0 Å². The minimum Gasteiger partial charge on any atom is -0.503 e. The fraction of sp³-hybridized carbons (Fsp3) is 0.130. The SMILES string of the molecule is C=CC(Oc1cc(OCc2ccccc2C(=COC)C(=O)O)ncn1)=C(C#N)C=CC. The fourth-order valence-corrected chi connectivity index (χ4v) is 2.53. The van der Waals surface area contributed by atoms with Crippen molar-refractivity contribution in [3.05, 3.63) is 90.2 Å². The normalized spacial score (nSPS) is 12.0. The van der Waals surface area contributed by atoms with Gasteiger partial charge in [0.2, 0.25) is 11.8 Å². The van der Waals surface area contributed by atoms with Crippen molar-refractivity contribution in [1.82, 2.24) is 9.97 Å². The maximum absolute atomic E-state index is 11.6. The lowest BCUT2D eigenvalue weighted by Gasteiger charge is -2.12. The summed E-state index contributed by atoms with van der Waals surface area (Å²) in [4.78, 5) is 19.6. The zero-order valence-electron chi connectivity index (χ0n) is 17.1. The molecular weight excluding hydrogens is 398 g/mol. The van der Waals surface area contributed by atoms with Crippen LogP contribution in [0.3, 0.4) is 0 Å². The highest BCUT2D eigenvalue weighted by molar-refractivity contribution is 6.15. The summed E-state index contributed by atoms with van der Waals surface area (Å²) in [6.07, 6.45) is 7.14. The first-order chi connectivity index (χ1) is 15.0. The van der Waals surface area contributed by atoms with Gasteiger partial charge in [0, 0.05) is 0 Å². The van der Waals surface area contributed by atoms with Gasteiger partial charge >= 0.3 is 5.97 Å². The third-order valence-corrected chi connectivity index (χ3v) is 3.89. The Morgan fingerprint density at radius 2 is 2.03 bits per heavy atom. The Balaban J connectivity index is 2.24. The van der Waals surface area contributed by atoms with Crippen molar-refractivity contribution in [2.45, 2.75) is 13.5 Å². The molecule has 0 radical (unpaired) electrons. The molecule has 1 heterocycles. The molecule has 0 saturated carbocycles.